The second kappa shape index (κ2) is 48.5. The van der Waals surface area contributed by atoms with Gasteiger partial charge < -0.3 is 144 Å². The number of aliphatic hydroxyl groups is 6. The number of cyclic esters (lactones) is 3. The van der Waals surface area contributed by atoms with Gasteiger partial charge in [0, 0.05) is 123 Å². The van der Waals surface area contributed by atoms with Crippen molar-refractivity contribution >= 4 is 17.9 Å². The molecule has 49 atom stereocenters. The molecular formula is C113H199N3O30. The molecule has 6 bridgehead atoms. The van der Waals surface area contributed by atoms with Crippen LogP contribution in [0.3, 0.4) is 0 Å². The van der Waals surface area contributed by atoms with Crippen LogP contribution in [0.2, 0.25) is 0 Å². The van der Waals surface area contributed by atoms with Gasteiger partial charge in [-0.1, -0.05) is 111 Å². The highest BCUT2D eigenvalue weighted by Crippen LogP contribution is 2.55. The lowest BCUT2D eigenvalue weighted by molar-refractivity contribution is -0.314. The SMILES string of the molecule is COC1(C)CC(OC2[C@H](C)C(OC3O[C@H](C)CC(N(C)C)C3O)C3(C)CC(C)=C(O3)[C@H](C)[C@H](C(C)(C)C(C)O)OC(=O)[C@@H]2C)O[C@@H](C)[C@@H]1C.COC1(C)CC(OC2[C@H](C)C(OC3O[C@H](C)CC(N(C)C)C3O)C3(C)CC(C)C(O3)[C@H](C)[C@H](C(C)(C)C(C)O)OC(=O)[C@@H]2C)O[C@@H](C)[C@@H]1C.COC1(C)CC(OC2[C@H](C)C(OC3O[C@H](C)CC(N(C)C)C3O)c3cc(C)c(o3)[C@H](C)[C@H](C(C)(C)C(C)O)OC(=O)[C@@H]2C)O[C@@H](C)[C@@H]1C. The van der Waals surface area contributed by atoms with E-state index in [9.17, 15) is 45.0 Å². The average Bonchev–Trinajstić information content (AvgIpc) is 1.60. The van der Waals surface area contributed by atoms with Crippen molar-refractivity contribution in [1.29, 1.82) is 0 Å². The maximum absolute atomic E-state index is 14.3. The van der Waals surface area contributed by atoms with Crippen molar-refractivity contribution in [2.75, 3.05) is 63.6 Å². The molecule has 6 N–H and O–H groups in total. The number of fused-ring (bicyclic) bond motifs is 6. The molecule has 146 heavy (non-hydrogen) atoms. The Morgan fingerprint density at radius 2 is 0.733 bits per heavy atom. The highest BCUT2D eigenvalue weighted by atomic mass is 16.7. The predicted molar refractivity (Wildman–Crippen MR) is 551 cm³/mol. The molecule has 0 spiro atoms. The van der Waals surface area contributed by atoms with Crippen LogP contribution in [0.25, 0.3) is 0 Å². The number of hydrogen-bond donors (Lipinski definition) is 6. The summed E-state index contributed by atoms with van der Waals surface area (Å²) in [4.78, 5) is 48.9. The first kappa shape index (κ1) is 124. The van der Waals surface area contributed by atoms with Crippen LogP contribution in [0.5, 0.6) is 0 Å². The van der Waals surface area contributed by atoms with Gasteiger partial charge in [0.15, 0.2) is 37.7 Å². The van der Waals surface area contributed by atoms with Crippen LogP contribution in [0.15, 0.2) is 21.8 Å². The van der Waals surface area contributed by atoms with Gasteiger partial charge in [-0.3, -0.25) is 14.4 Å². The fourth-order valence-corrected chi connectivity index (χ4v) is 25.7. The van der Waals surface area contributed by atoms with E-state index < -0.39 is 233 Å². The molecule has 28 unspecified atom stereocenters. The van der Waals surface area contributed by atoms with E-state index in [0.717, 1.165) is 16.9 Å². The quantitative estimate of drug-likeness (QED) is 0.0413. The van der Waals surface area contributed by atoms with E-state index in [4.69, 9.17) is 99.2 Å². The Labute approximate surface area is 875 Å². The van der Waals surface area contributed by atoms with Crippen molar-refractivity contribution in [3.63, 3.8) is 0 Å². The molecule has 33 heteroatoms. The summed E-state index contributed by atoms with van der Waals surface area (Å²) in [5.74, 6) is -3.66. The van der Waals surface area contributed by atoms with Crippen LogP contribution >= 0.6 is 0 Å². The van der Waals surface area contributed by atoms with Gasteiger partial charge in [0.1, 0.15) is 71.7 Å². The molecule has 846 valence electrons. The summed E-state index contributed by atoms with van der Waals surface area (Å²) in [6.07, 6.45) is -12.9. The molecular weight excluding hydrogens is 1880 g/mol. The number of aliphatic hydroxyl groups excluding tert-OH is 6. The first-order chi connectivity index (χ1) is 67.4. The molecule has 33 nitrogen and oxygen atoms in total. The molecule has 9 fully saturated rings. The van der Waals surface area contributed by atoms with E-state index in [1.165, 1.54) is 0 Å². The first-order valence-corrected chi connectivity index (χ1v) is 54.7. The number of methoxy groups -OCH3 is 3. The summed E-state index contributed by atoms with van der Waals surface area (Å²) in [5.41, 5.74) is -3.75. The molecule has 0 amide bonds. The van der Waals surface area contributed by atoms with E-state index in [1.807, 2.05) is 222 Å². The number of hydrogen-bond acceptors (Lipinski definition) is 33. The maximum atomic E-state index is 14.3. The Morgan fingerprint density at radius 1 is 0.411 bits per heavy atom. The highest BCUT2D eigenvalue weighted by molar-refractivity contribution is 5.74. The Bertz CT molecular complexity index is 4300. The van der Waals surface area contributed by atoms with Crippen LogP contribution in [-0.2, 0) is 109 Å². The fourth-order valence-electron chi connectivity index (χ4n) is 25.7. The molecule has 0 aromatic carbocycles. The lowest BCUT2D eigenvalue weighted by Gasteiger charge is -2.49. The summed E-state index contributed by atoms with van der Waals surface area (Å²) < 4.78 is 137. The lowest BCUT2D eigenvalue weighted by Crippen LogP contribution is -2.59. The summed E-state index contributed by atoms with van der Waals surface area (Å²) in [6, 6.07) is 1.44. The summed E-state index contributed by atoms with van der Waals surface area (Å²) in [5, 5.41) is 67.4. The molecule has 0 saturated carbocycles. The summed E-state index contributed by atoms with van der Waals surface area (Å²) >= 11 is 0. The van der Waals surface area contributed by atoms with Gasteiger partial charge in [-0.2, -0.15) is 0 Å². The second-order valence-electron chi connectivity index (χ2n) is 50.5. The third-order valence-electron chi connectivity index (χ3n) is 37.8. The minimum absolute atomic E-state index is 0.0811. The predicted octanol–water partition coefficient (Wildman–Crippen LogP) is 15.2. The van der Waals surface area contributed by atoms with Gasteiger partial charge in [-0.25, -0.2) is 0 Å². The van der Waals surface area contributed by atoms with Crippen molar-refractivity contribution in [3.05, 3.63) is 34.5 Å². The van der Waals surface area contributed by atoms with Gasteiger partial charge >= 0.3 is 17.9 Å². The molecule has 0 radical (unpaired) electrons. The number of esters is 3. The topological polar surface area (TPSA) is 380 Å². The largest absolute Gasteiger partial charge is 0.488 e. The van der Waals surface area contributed by atoms with Crippen molar-refractivity contribution in [3.8, 4) is 0 Å². The van der Waals surface area contributed by atoms with Crippen LogP contribution in [-0.4, -0.2) is 339 Å². The summed E-state index contributed by atoms with van der Waals surface area (Å²) in [6.45, 7) is 68.8. The van der Waals surface area contributed by atoms with E-state index in [2.05, 4.69) is 55.4 Å². The van der Waals surface area contributed by atoms with Gasteiger partial charge in [0.25, 0.3) is 0 Å². The van der Waals surface area contributed by atoms with E-state index in [1.54, 1.807) is 49.0 Å². The zero-order valence-electron chi connectivity index (χ0n) is 97.5. The molecule has 11 aliphatic heterocycles. The number of likely N-dealkylation sites (N-methyl/N-ethyl adjacent to an activating group) is 3. The number of carbonyl (C=O) groups is 3. The Kier molecular flexibility index (Phi) is 41.2. The van der Waals surface area contributed by atoms with Crippen molar-refractivity contribution < 1.29 is 144 Å². The lowest BCUT2D eigenvalue weighted by atomic mass is 9.72. The van der Waals surface area contributed by atoms with Crippen molar-refractivity contribution in [2.45, 2.75) is 518 Å². The number of aryl methyl sites for hydroxylation is 1. The molecule has 12 heterocycles. The van der Waals surface area contributed by atoms with Crippen LogP contribution in [0.4, 0.5) is 0 Å². The zero-order valence-corrected chi connectivity index (χ0v) is 97.5. The fraction of sp³-hybridized carbons (Fsp3) is 0.920. The Morgan fingerprint density at radius 3 is 1.08 bits per heavy atom. The van der Waals surface area contributed by atoms with Crippen LogP contribution < -0.4 is 0 Å². The third kappa shape index (κ3) is 26.2. The molecule has 1 aromatic heterocycles. The normalized spacial score (nSPS) is 46.0. The van der Waals surface area contributed by atoms with Crippen molar-refractivity contribution in [1.82, 2.24) is 14.7 Å². The third-order valence-corrected chi connectivity index (χ3v) is 37.8. The molecule has 1 aromatic rings. The number of rotatable bonds is 24. The summed E-state index contributed by atoms with van der Waals surface area (Å²) in [7, 11) is 16.8. The van der Waals surface area contributed by atoms with Crippen LogP contribution in [0.1, 0.15) is 316 Å². The first-order valence-electron chi connectivity index (χ1n) is 54.7. The van der Waals surface area contributed by atoms with Crippen LogP contribution in [0, 0.1) is 94.2 Å². The molecule has 9 saturated heterocycles. The Hall–Kier alpha value is -3.77. The number of ether oxygens (including phenoxy) is 20. The molecule has 0 aliphatic carbocycles. The van der Waals surface area contributed by atoms with E-state index >= 15 is 0 Å². The Balaban J connectivity index is 0.000000224. The standard InChI is InChI=1S/C38H69NO10.C38H67NO10.C37H63NO10/c2*1-19-17-38(12)33(48-35-29(41)27(39(13)14)16-20(2)44-35)22(4)31(46-28-18-37(11,43-15)24(6)25(7)45-28)23(5)34(42)47-32(21(3)30(19)49-38)36(9,10)26(8)40;1-18-15-27-32(47-35-29(40)26(38(12)13)16-19(2)43-35)20(3)31(46-28-17-37(11,42-14)23(6)24(7)44-28)22(5)34(41)48-33(21(4)30(18)45-27)36(9,10)25(8)39/h19-33,35,40-41H,16-18H2,1-15H3;20-29,31-33,35,40-41H,16-18H2,1-15H3;15,19-26,28-29,31-33,35,39-40H,16-17H2,1-14H3/t19?,20-,21+,22+,23-,24+,25+,26?,27?,28?,29?,30?,31?,32-,33?,35?,37?,38?;20-,21+,22+,23-,24+,25+,26?,27?,28?,29?,31?,32-,33?,35?,37?,38?;19-,20+,21+,22-,23+,24+,25?,26?,28?,29?,31?,32?,33-,35?,37?/m111/s1. The highest BCUT2D eigenvalue weighted by Gasteiger charge is 2.63. The maximum Gasteiger partial charge on any atom is 0.311 e. The second-order valence-corrected chi connectivity index (χ2v) is 50.5. The van der Waals surface area contributed by atoms with Gasteiger partial charge in [-0.05, 0) is 223 Å². The zero-order chi connectivity index (χ0) is 110. The van der Waals surface area contributed by atoms with Crippen molar-refractivity contribution in [2.24, 2.45) is 87.3 Å². The molecule has 11 aliphatic rings. The van der Waals surface area contributed by atoms with Gasteiger partial charge in [-0.15, -0.1) is 0 Å². The number of furan rings is 1. The van der Waals surface area contributed by atoms with Gasteiger partial charge in [0.2, 0.25) is 0 Å². The average molecular weight is 2080 g/mol. The smallest absolute Gasteiger partial charge is 0.311 e. The minimum Gasteiger partial charge on any atom is -0.488 e. The minimum atomic E-state index is -0.960. The molecule has 12 rings (SSSR count). The van der Waals surface area contributed by atoms with E-state index in [0.29, 0.717) is 62.9 Å². The number of nitrogens with zero attached hydrogens (tertiary/aromatic N) is 3. The van der Waals surface area contributed by atoms with E-state index in [-0.39, 0.29) is 96.4 Å². The number of carbonyl (C=O) groups excluding carboxylic acids is 3. The monoisotopic (exact) mass is 2080 g/mol. The van der Waals surface area contributed by atoms with Gasteiger partial charge in [0.05, 0.1) is 137 Å².